The number of rotatable bonds is 7. The van der Waals surface area contributed by atoms with Gasteiger partial charge in [-0.05, 0) is 53.3 Å². The van der Waals surface area contributed by atoms with Crippen molar-refractivity contribution < 1.29 is 9.59 Å². The second kappa shape index (κ2) is 8.73. The summed E-state index contributed by atoms with van der Waals surface area (Å²) in [6, 6.07) is 11.4. The van der Waals surface area contributed by atoms with Crippen molar-refractivity contribution in [2.75, 3.05) is 0 Å². The molecule has 0 aromatic heterocycles. The molecule has 2 aromatic carbocycles. The van der Waals surface area contributed by atoms with E-state index in [0.29, 0.717) is 11.4 Å². The molecule has 0 fully saturated rings. The Morgan fingerprint density at radius 1 is 0.792 bits per heavy atom. The average Bonchev–Trinajstić information content (AvgIpc) is 2.59. The fourth-order valence-electron chi connectivity index (χ4n) is 2.94. The number of benzene rings is 2. The van der Waals surface area contributed by atoms with E-state index in [2.05, 4.69) is 23.8 Å². The molecule has 0 radical (unpaired) electrons. The first-order chi connectivity index (χ1) is 11.7. The minimum Gasteiger partial charge on any atom is -0.211 e. The summed E-state index contributed by atoms with van der Waals surface area (Å²) in [5.74, 6) is 0. The monoisotopic (exact) mass is 320 g/mol. The molecule has 0 bridgehead atoms. The quantitative estimate of drug-likeness (QED) is 0.520. The first-order valence-electron chi connectivity index (χ1n) is 8.16. The lowest BCUT2D eigenvalue weighted by atomic mass is 9.89. The van der Waals surface area contributed by atoms with E-state index in [4.69, 9.17) is 0 Å². The van der Waals surface area contributed by atoms with Gasteiger partial charge >= 0.3 is 0 Å². The largest absolute Gasteiger partial charge is 0.240 e. The number of carbonyl (C=O) groups excluding carboxylic acids is 2. The van der Waals surface area contributed by atoms with Gasteiger partial charge in [-0.25, -0.2) is 9.59 Å². The first-order valence-corrected chi connectivity index (χ1v) is 8.16. The van der Waals surface area contributed by atoms with E-state index in [9.17, 15) is 9.59 Å². The lowest BCUT2D eigenvalue weighted by Crippen LogP contribution is -1.98. The Bertz CT molecular complexity index is 797. The van der Waals surface area contributed by atoms with Crippen molar-refractivity contribution in [3.8, 4) is 11.1 Å². The standard InChI is InChI=1S/C20H20N2O2/c1-3-5-18-17(15-7-9-16(10-8-15)21-13-23)11-12-20(22-14-24)19(18)6-4-2/h7-12H,3-6H2,1-2H3. The molecule has 0 unspecified atom stereocenters. The minimum atomic E-state index is 0.585. The second-order valence-corrected chi connectivity index (χ2v) is 5.54. The third-order valence-corrected chi connectivity index (χ3v) is 3.93. The Kier molecular flexibility index (Phi) is 6.39. The molecule has 0 saturated carbocycles. The third-order valence-electron chi connectivity index (χ3n) is 3.93. The van der Waals surface area contributed by atoms with E-state index in [1.165, 1.54) is 5.56 Å². The highest BCUT2D eigenvalue weighted by atomic mass is 16.1. The summed E-state index contributed by atoms with van der Waals surface area (Å²) >= 11 is 0. The molecule has 0 aliphatic heterocycles. The van der Waals surface area contributed by atoms with E-state index in [1.807, 2.05) is 24.3 Å². The highest BCUT2D eigenvalue weighted by molar-refractivity contribution is 5.74. The Morgan fingerprint density at radius 2 is 1.42 bits per heavy atom. The van der Waals surface area contributed by atoms with Gasteiger partial charge in [0.1, 0.15) is 0 Å². The summed E-state index contributed by atoms with van der Waals surface area (Å²) in [6.07, 6.45) is 6.98. The van der Waals surface area contributed by atoms with Crippen LogP contribution in [0.25, 0.3) is 11.1 Å². The van der Waals surface area contributed by atoms with Gasteiger partial charge in [0, 0.05) is 0 Å². The maximum absolute atomic E-state index is 10.7. The Balaban J connectivity index is 2.61. The highest BCUT2D eigenvalue weighted by Crippen LogP contribution is 2.34. The van der Waals surface area contributed by atoms with Crippen molar-refractivity contribution in [1.82, 2.24) is 0 Å². The van der Waals surface area contributed by atoms with E-state index >= 15 is 0 Å². The molecule has 0 aliphatic carbocycles. The van der Waals surface area contributed by atoms with Crippen LogP contribution in [0.5, 0.6) is 0 Å². The fraction of sp³-hybridized carbons (Fsp3) is 0.300. The normalized spacial score (nSPS) is 9.92. The molecule has 4 nitrogen and oxygen atoms in total. The van der Waals surface area contributed by atoms with Gasteiger partial charge in [-0.1, -0.05) is 44.9 Å². The molecule has 0 heterocycles. The van der Waals surface area contributed by atoms with Crippen LogP contribution in [0.2, 0.25) is 0 Å². The average molecular weight is 320 g/mol. The number of nitrogens with zero attached hydrogens (tertiary/aromatic N) is 2. The van der Waals surface area contributed by atoms with E-state index < -0.39 is 0 Å². The summed E-state index contributed by atoms with van der Waals surface area (Å²) in [5, 5.41) is 0. The fourth-order valence-corrected chi connectivity index (χ4v) is 2.94. The zero-order chi connectivity index (χ0) is 17.4. The summed E-state index contributed by atoms with van der Waals surface area (Å²) < 4.78 is 0. The van der Waals surface area contributed by atoms with Gasteiger partial charge in [-0.3, -0.25) is 0 Å². The molecule has 0 N–H and O–H groups in total. The van der Waals surface area contributed by atoms with Crippen LogP contribution in [-0.2, 0) is 22.4 Å². The zero-order valence-electron chi connectivity index (χ0n) is 14.0. The SMILES string of the molecule is CCCc1c(N=C=O)ccc(-c2ccc(N=C=O)cc2)c1CCC. The molecule has 122 valence electrons. The smallest absolute Gasteiger partial charge is 0.211 e. The Morgan fingerprint density at radius 3 is 2.00 bits per heavy atom. The van der Waals surface area contributed by atoms with Crippen molar-refractivity contribution in [2.45, 2.75) is 39.5 Å². The molecule has 0 saturated heterocycles. The zero-order valence-corrected chi connectivity index (χ0v) is 14.0. The van der Waals surface area contributed by atoms with Crippen molar-refractivity contribution >= 4 is 23.5 Å². The predicted octanol–water partition coefficient (Wildman–Crippen LogP) is 5.19. The van der Waals surface area contributed by atoms with Crippen molar-refractivity contribution in [3.63, 3.8) is 0 Å². The van der Waals surface area contributed by atoms with Crippen LogP contribution in [0, 0.1) is 0 Å². The molecule has 2 rings (SSSR count). The van der Waals surface area contributed by atoms with Crippen LogP contribution in [-0.4, -0.2) is 12.2 Å². The summed E-state index contributed by atoms with van der Waals surface area (Å²) in [7, 11) is 0. The van der Waals surface area contributed by atoms with Crippen molar-refractivity contribution in [3.05, 3.63) is 47.5 Å². The first kappa shape index (κ1) is 17.6. The number of aliphatic imine (C=N–C) groups is 2. The molecule has 0 atom stereocenters. The van der Waals surface area contributed by atoms with Crippen LogP contribution in [0.1, 0.15) is 37.8 Å². The maximum Gasteiger partial charge on any atom is 0.240 e. The summed E-state index contributed by atoms with van der Waals surface area (Å²) in [6.45, 7) is 4.25. The minimum absolute atomic E-state index is 0.585. The lowest BCUT2D eigenvalue weighted by Gasteiger charge is -2.16. The van der Waals surface area contributed by atoms with Crippen molar-refractivity contribution in [2.24, 2.45) is 9.98 Å². The van der Waals surface area contributed by atoms with Gasteiger partial charge in [0.05, 0.1) is 11.4 Å². The van der Waals surface area contributed by atoms with Crippen LogP contribution in [0.4, 0.5) is 11.4 Å². The molecule has 0 aliphatic rings. The number of isocyanates is 2. The highest BCUT2D eigenvalue weighted by Gasteiger charge is 2.13. The van der Waals surface area contributed by atoms with Gasteiger partial charge in [0.2, 0.25) is 12.2 Å². The molecule has 24 heavy (non-hydrogen) atoms. The molecule has 4 heteroatoms. The van der Waals surface area contributed by atoms with Crippen molar-refractivity contribution in [1.29, 1.82) is 0 Å². The van der Waals surface area contributed by atoms with Gasteiger partial charge in [0.25, 0.3) is 0 Å². The van der Waals surface area contributed by atoms with Crippen LogP contribution in [0.15, 0.2) is 46.4 Å². The van der Waals surface area contributed by atoms with Crippen LogP contribution in [0.3, 0.4) is 0 Å². The molecule has 0 amide bonds. The van der Waals surface area contributed by atoms with Gasteiger partial charge in [-0.15, -0.1) is 0 Å². The van der Waals surface area contributed by atoms with Crippen LogP contribution >= 0.6 is 0 Å². The molecular formula is C20H20N2O2. The third kappa shape index (κ3) is 3.94. The molecule has 2 aromatic rings. The van der Waals surface area contributed by atoms with Gasteiger partial charge < -0.3 is 0 Å². The van der Waals surface area contributed by atoms with E-state index in [0.717, 1.165) is 42.4 Å². The van der Waals surface area contributed by atoms with Gasteiger partial charge in [0.15, 0.2) is 0 Å². The second-order valence-electron chi connectivity index (χ2n) is 5.54. The lowest BCUT2D eigenvalue weighted by molar-refractivity contribution is 0.564. The van der Waals surface area contributed by atoms with Crippen LogP contribution < -0.4 is 0 Å². The van der Waals surface area contributed by atoms with E-state index in [-0.39, 0.29) is 0 Å². The number of hydrogen-bond donors (Lipinski definition) is 0. The Hall–Kier alpha value is -2.80. The topological polar surface area (TPSA) is 58.9 Å². The summed E-state index contributed by atoms with van der Waals surface area (Å²) in [5.41, 5.74) is 5.83. The summed E-state index contributed by atoms with van der Waals surface area (Å²) in [4.78, 5) is 28.6. The van der Waals surface area contributed by atoms with E-state index in [1.54, 1.807) is 24.3 Å². The van der Waals surface area contributed by atoms with Gasteiger partial charge in [-0.2, -0.15) is 9.98 Å². The molecule has 0 spiro atoms. The predicted molar refractivity (Wildman–Crippen MR) is 95.4 cm³/mol. The Labute approximate surface area is 142 Å². The molecular weight excluding hydrogens is 300 g/mol. The maximum atomic E-state index is 10.7. The number of hydrogen-bond acceptors (Lipinski definition) is 4.